The van der Waals surface area contributed by atoms with Crippen molar-refractivity contribution >= 4 is 17.6 Å². The van der Waals surface area contributed by atoms with Gasteiger partial charge in [0.1, 0.15) is 0 Å². The van der Waals surface area contributed by atoms with E-state index in [0.717, 1.165) is 16.7 Å². The van der Waals surface area contributed by atoms with Gasteiger partial charge in [-0.2, -0.15) is 0 Å². The number of halogens is 1. The lowest BCUT2D eigenvalue weighted by Crippen LogP contribution is -1.97. The van der Waals surface area contributed by atoms with E-state index >= 15 is 0 Å². The molecule has 1 N–H and O–H groups in total. The molecule has 0 bridgehead atoms. The molecule has 18 heavy (non-hydrogen) atoms. The summed E-state index contributed by atoms with van der Waals surface area (Å²) < 4.78 is 0. The third-order valence-corrected chi connectivity index (χ3v) is 3.06. The number of aromatic carboxylic acids is 1. The first-order valence-corrected chi connectivity index (χ1v) is 5.96. The van der Waals surface area contributed by atoms with Crippen LogP contribution in [0.4, 0.5) is 0 Å². The van der Waals surface area contributed by atoms with Gasteiger partial charge in [0.15, 0.2) is 0 Å². The fraction of sp³-hybridized carbons (Fsp3) is 0.133. The van der Waals surface area contributed by atoms with Crippen LogP contribution in [-0.4, -0.2) is 11.1 Å². The van der Waals surface area contributed by atoms with E-state index in [0.29, 0.717) is 5.02 Å². The number of aryl methyl sites for hydroxylation is 2. The van der Waals surface area contributed by atoms with Gasteiger partial charge >= 0.3 is 5.97 Å². The summed E-state index contributed by atoms with van der Waals surface area (Å²) in [5.41, 5.74) is 4.32. The molecule has 2 nitrogen and oxygen atoms in total. The Morgan fingerprint density at radius 2 is 1.83 bits per heavy atom. The maximum atomic E-state index is 11.0. The number of carboxylic acids is 1. The molecule has 0 aliphatic rings. The number of carbonyl (C=O) groups is 1. The Kier molecular flexibility index (Phi) is 3.39. The van der Waals surface area contributed by atoms with Gasteiger partial charge in [-0.1, -0.05) is 35.4 Å². The Labute approximate surface area is 111 Å². The topological polar surface area (TPSA) is 37.3 Å². The summed E-state index contributed by atoms with van der Waals surface area (Å²) in [5, 5.41) is 9.47. The Balaban J connectivity index is 2.60. The zero-order valence-electron chi connectivity index (χ0n) is 10.2. The molecular weight excluding hydrogens is 248 g/mol. The van der Waals surface area contributed by atoms with Crippen molar-refractivity contribution in [1.29, 1.82) is 0 Å². The van der Waals surface area contributed by atoms with Gasteiger partial charge in [0.2, 0.25) is 0 Å². The second kappa shape index (κ2) is 4.83. The van der Waals surface area contributed by atoms with Crippen molar-refractivity contribution in [2.45, 2.75) is 13.8 Å². The van der Waals surface area contributed by atoms with E-state index in [-0.39, 0.29) is 5.56 Å². The molecule has 0 aliphatic carbocycles. The van der Waals surface area contributed by atoms with Gasteiger partial charge in [0, 0.05) is 5.02 Å². The molecule has 3 heteroatoms. The maximum absolute atomic E-state index is 11.0. The van der Waals surface area contributed by atoms with Crippen LogP contribution in [0.2, 0.25) is 5.02 Å². The lowest BCUT2D eigenvalue weighted by atomic mass is 9.97. The molecule has 0 amide bonds. The fourth-order valence-corrected chi connectivity index (χ4v) is 2.24. The van der Waals surface area contributed by atoms with Crippen molar-refractivity contribution in [3.05, 3.63) is 58.1 Å². The number of benzene rings is 2. The van der Waals surface area contributed by atoms with Gasteiger partial charge in [0.05, 0.1) is 5.56 Å². The molecule has 0 saturated heterocycles. The molecular formula is C15H13ClO2. The van der Waals surface area contributed by atoms with Crippen molar-refractivity contribution in [2.24, 2.45) is 0 Å². The van der Waals surface area contributed by atoms with Gasteiger partial charge in [-0.3, -0.25) is 0 Å². The summed E-state index contributed by atoms with van der Waals surface area (Å²) in [6, 6.07) is 10.9. The van der Waals surface area contributed by atoms with E-state index < -0.39 is 5.97 Å². The van der Waals surface area contributed by atoms with Crippen molar-refractivity contribution < 1.29 is 9.90 Å². The molecule has 2 rings (SSSR count). The predicted molar refractivity (Wildman–Crippen MR) is 73.3 cm³/mol. The summed E-state index contributed by atoms with van der Waals surface area (Å²) in [5.74, 6) is -0.969. The maximum Gasteiger partial charge on any atom is 0.335 e. The largest absolute Gasteiger partial charge is 0.478 e. The Morgan fingerprint density at radius 1 is 1.11 bits per heavy atom. The first-order valence-electron chi connectivity index (χ1n) is 5.59. The van der Waals surface area contributed by atoms with Crippen LogP contribution in [0.25, 0.3) is 11.1 Å². The van der Waals surface area contributed by atoms with Crippen molar-refractivity contribution in [3.63, 3.8) is 0 Å². The highest BCUT2D eigenvalue weighted by Gasteiger charge is 2.09. The third kappa shape index (κ3) is 2.54. The van der Waals surface area contributed by atoms with Crippen LogP contribution in [0.3, 0.4) is 0 Å². The van der Waals surface area contributed by atoms with E-state index in [1.54, 1.807) is 12.1 Å². The summed E-state index contributed by atoms with van der Waals surface area (Å²) in [7, 11) is 0. The van der Waals surface area contributed by atoms with Crippen molar-refractivity contribution in [1.82, 2.24) is 0 Å². The highest BCUT2D eigenvalue weighted by Crippen LogP contribution is 2.28. The summed E-state index contributed by atoms with van der Waals surface area (Å²) >= 11 is 5.96. The van der Waals surface area contributed by atoms with Crippen LogP contribution in [0, 0.1) is 13.8 Å². The van der Waals surface area contributed by atoms with E-state index in [4.69, 9.17) is 16.7 Å². The second-order valence-electron chi connectivity index (χ2n) is 4.35. The average molecular weight is 261 g/mol. The Hall–Kier alpha value is -1.80. The normalized spacial score (nSPS) is 10.4. The Morgan fingerprint density at radius 3 is 2.44 bits per heavy atom. The molecule has 0 aromatic heterocycles. The van der Waals surface area contributed by atoms with Gasteiger partial charge in [0.25, 0.3) is 0 Å². The van der Waals surface area contributed by atoms with Crippen LogP contribution >= 0.6 is 11.6 Å². The van der Waals surface area contributed by atoms with E-state index in [1.165, 1.54) is 11.6 Å². The molecule has 92 valence electrons. The highest BCUT2D eigenvalue weighted by atomic mass is 35.5. The monoisotopic (exact) mass is 260 g/mol. The lowest BCUT2D eigenvalue weighted by Gasteiger charge is -2.09. The average Bonchev–Trinajstić information content (AvgIpc) is 2.27. The quantitative estimate of drug-likeness (QED) is 0.873. The van der Waals surface area contributed by atoms with E-state index in [1.807, 2.05) is 26.0 Å². The standard InChI is InChI=1S/C15H13ClO2/c1-9-3-4-14(10(2)5-9)11-6-12(15(17)18)8-13(16)7-11/h3-8H,1-2H3,(H,17,18). The van der Waals surface area contributed by atoms with Crippen LogP contribution in [-0.2, 0) is 0 Å². The van der Waals surface area contributed by atoms with Crippen molar-refractivity contribution in [3.8, 4) is 11.1 Å². The second-order valence-corrected chi connectivity index (χ2v) is 4.79. The summed E-state index contributed by atoms with van der Waals surface area (Å²) in [6.07, 6.45) is 0. The lowest BCUT2D eigenvalue weighted by molar-refractivity contribution is 0.0697. The molecule has 0 unspecified atom stereocenters. The molecule has 2 aromatic rings. The molecule has 0 fully saturated rings. The van der Waals surface area contributed by atoms with Crippen LogP contribution in [0.15, 0.2) is 36.4 Å². The van der Waals surface area contributed by atoms with E-state index in [9.17, 15) is 4.79 Å². The molecule has 0 heterocycles. The first kappa shape index (κ1) is 12.7. The number of hydrogen-bond donors (Lipinski definition) is 1. The van der Waals surface area contributed by atoms with Crippen LogP contribution < -0.4 is 0 Å². The molecule has 0 saturated carbocycles. The fourth-order valence-electron chi connectivity index (χ4n) is 2.01. The molecule has 0 aliphatic heterocycles. The summed E-state index contributed by atoms with van der Waals surface area (Å²) in [6.45, 7) is 4.03. The number of rotatable bonds is 2. The van der Waals surface area contributed by atoms with Gasteiger partial charge in [-0.05, 0) is 48.7 Å². The molecule has 0 radical (unpaired) electrons. The van der Waals surface area contributed by atoms with Gasteiger partial charge < -0.3 is 5.11 Å². The van der Waals surface area contributed by atoms with Crippen LogP contribution in [0.5, 0.6) is 0 Å². The molecule has 0 atom stereocenters. The first-order chi connectivity index (χ1) is 8.47. The zero-order valence-corrected chi connectivity index (χ0v) is 11.0. The number of hydrogen-bond acceptors (Lipinski definition) is 1. The smallest absolute Gasteiger partial charge is 0.335 e. The minimum atomic E-state index is -0.969. The Bertz CT molecular complexity index is 618. The minimum Gasteiger partial charge on any atom is -0.478 e. The SMILES string of the molecule is Cc1ccc(-c2cc(Cl)cc(C(=O)O)c2)c(C)c1. The van der Waals surface area contributed by atoms with Gasteiger partial charge in [-0.25, -0.2) is 4.79 Å². The van der Waals surface area contributed by atoms with Gasteiger partial charge in [-0.15, -0.1) is 0 Å². The zero-order chi connectivity index (χ0) is 13.3. The third-order valence-electron chi connectivity index (χ3n) is 2.84. The van der Waals surface area contributed by atoms with Crippen molar-refractivity contribution in [2.75, 3.05) is 0 Å². The number of carboxylic acid groups (broad SMARTS) is 1. The molecule has 0 spiro atoms. The molecule has 2 aromatic carbocycles. The minimum absolute atomic E-state index is 0.206. The highest BCUT2D eigenvalue weighted by molar-refractivity contribution is 6.31. The predicted octanol–water partition coefficient (Wildman–Crippen LogP) is 4.32. The van der Waals surface area contributed by atoms with E-state index in [2.05, 4.69) is 6.07 Å². The van der Waals surface area contributed by atoms with Crippen LogP contribution in [0.1, 0.15) is 21.5 Å². The summed E-state index contributed by atoms with van der Waals surface area (Å²) in [4.78, 5) is 11.0.